The molecule has 0 saturated heterocycles. The lowest BCUT2D eigenvalue weighted by Gasteiger charge is -2.28. The maximum Gasteiger partial charge on any atom is 0.225 e. The number of hydrogen-bond acceptors (Lipinski definition) is 3. The van der Waals surface area contributed by atoms with Gasteiger partial charge in [-0.3, -0.25) is 4.79 Å². The normalized spacial score (nSPS) is 14.9. The predicted molar refractivity (Wildman–Crippen MR) is 70.4 cm³/mol. The van der Waals surface area contributed by atoms with E-state index < -0.39 is 5.54 Å². The van der Waals surface area contributed by atoms with E-state index in [2.05, 4.69) is 10.5 Å². The number of nitrogens with one attached hydrogen (secondary N) is 1. The quantitative estimate of drug-likeness (QED) is 0.318. The van der Waals surface area contributed by atoms with Crippen LogP contribution in [0.5, 0.6) is 0 Å². The third-order valence-electron chi connectivity index (χ3n) is 3.00. The van der Waals surface area contributed by atoms with Gasteiger partial charge in [0.05, 0.1) is 12.0 Å². The third-order valence-corrected chi connectivity index (χ3v) is 3.00. The maximum atomic E-state index is 11.9. The van der Waals surface area contributed by atoms with Crippen LogP contribution >= 0.6 is 0 Å². The second-order valence-electron chi connectivity index (χ2n) is 4.38. The fourth-order valence-corrected chi connectivity index (χ4v) is 1.58. The molecule has 18 heavy (non-hydrogen) atoms. The first kappa shape index (κ1) is 14.0. The number of rotatable bonds is 5. The summed E-state index contributed by atoms with van der Waals surface area (Å²) in [5, 5.41) is 14.5. The molecule has 98 valence electrons. The van der Waals surface area contributed by atoms with Crippen molar-refractivity contribution in [3.8, 4) is 0 Å². The molecule has 4 N–H and O–H groups in total. The van der Waals surface area contributed by atoms with Crippen molar-refractivity contribution in [2.24, 2.45) is 10.9 Å². The van der Waals surface area contributed by atoms with E-state index in [0.29, 0.717) is 6.42 Å². The van der Waals surface area contributed by atoms with Crippen molar-refractivity contribution < 1.29 is 10.0 Å². The van der Waals surface area contributed by atoms with E-state index in [1.807, 2.05) is 37.3 Å². The highest BCUT2D eigenvalue weighted by Gasteiger charge is 2.29. The molecule has 0 spiro atoms. The van der Waals surface area contributed by atoms with Crippen molar-refractivity contribution in [2.75, 3.05) is 0 Å². The first-order valence-corrected chi connectivity index (χ1v) is 5.84. The molecule has 0 aliphatic rings. The Morgan fingerprint density at radius 2 is 2.06 bits per heavy atom. The van der Waals surface area contributed by atoms with Crippen LogP contribution in [-0.2, 0) is 11.2 Å². The Morgan fingerprint density at radius 3 is 2.56 bits per heavy atom. The van der Waals surface area contributed by atoms with Crippen molar-refractivity contribution >= 4 is 11.7 Å². The minimum absolute atomic E-state index is 0.00594. The summed E-state index contributed by atoms with van der Waals surface area (Å²) in [4.78, 5) is 11.9. The number of benzene rings is 1. The van der Waals surface area contributed by atoms with Gasteiger partial charge in [0.1, 0.15) is 0 Å². The van der Waals surface area contributed by atoms with Gasteiger partial charge in [-0.15, -0.1) is 0 Å². The minimum Gasteiger partial charge on any atom is -0.409 e. The first-order valence-electron chi connectivity index (χ1n) is 5.84. The number of amides is 1. The van der Waals surface area contributed by atoms with E-state index >= 15 is 0 Å². The van der Waals surface area contributed by atoms with E-state index in [1.165, 1.54) is 0 Å². The zero-order valence-corrected chi connectivity index (χ0v) is 10.7. The molecule has 0 heterocycles. The molecular formula is C13H19N3O2. The summed E-state index contributed by atoms with van der Waals surface area (Å²) in [6.07, 6.45) is 0.818. The Balaban J connectivity index is 2.69. The molecule has 1 unspecified atom stereocenters. The third kappa shape index (κ3) is 3.48. The summed E-state index contributed by atoms with van der Waals surface area (Å²) in [6, 6.07) is 9.42. The van der Waals surface area contributed by atoms with Gasteiger partial charge in [0, 0.05) is 0 Å². The number of nitrogens with zero attached hydrogens (tertiary/aromatic N) is 1. The van der Waals surface area contributed by atoms with Crippen LogP contribution in [0.25, 0.3) is 0 Å². The smallest absolute Gasteiger partial charge is 0.225 e. The van der Waals surface area contributed by atoms with E-state index in [1.54, 1.807) is 6.92 Å². The van der Waals surface area contributed by atoms with Gasteiger partial charge < -0.3 is 16.3 Å². The van der Waals surface area contributed by atoms with Crippen molar-refractivity contribution in [1.82, 2.24) is 5.32 Å². The van der Waals surface area contributed by atoms with Gasteiger partial charge in [0.25, 0.3) is 0 Å². The molecule has 0 radical (unpaired) electrons. The van der Waals surface area contributed by atoms with Gasteiger partial charge >= 0.3 is 0 Å². The van der Waals surface area contributed by atoms with Gasteiger partial charge in [-0.2, -0.15) is 0 Å². The van der Waals surface area contributed by atoms with Crippen LogP contribution in [0.1, 0.15) is 25.8 Å². The molecule has 1 rings (SSSR count). The average Bonchev–Trinajstić information content (AvgIpc) is 2.38. The number of carbonyl (C=O) groups excluding carboxylic acids is 1. The maximum absolute atomic E-state index is 11.9. The van der Waals surface area contributed by atoms with Crippen molar-refractivity contribution in [2.45, 2.75) is 32.2 Å². The van der Waals surface area contributed by atoms with Crippen LogP contribution < -0.4 is 11.1 Å². The Bertz CT molecular complexity index is 431. The van der Waals surface area contributed by atoms with Crippen LogP contribution in [0.3, 0.4) is 0 Å². The van der Waals surface area contributed by atoms with E-state index in [9.17, 15) is 4.79 Å². The zero-order valence-electron chi connectivity index (χ0n) is 10.7. The van der Waals surface area contributed by atoms with Crippen molar-refractivity contribution in [1.29, 1.82) is 0 Å². The summed E-state index contributed by atoms with van der Waals surface area (Å²) >= 11 is 0. The molecule has 0 bridgehead atoms. The summed E-state index contributed by atoms with van der Waals surface area (Å²) in [5.74, 6) is -0.149. The second kappa shape index (κ2) is 6.05. The van der Waals surface area contributed by atoms with Crippen LogP contribution in [0.15, 0.2) is 35.5 Å². The second-order valence-corrected chi connectivity index (χ2v) is 4.38. The number of nitrogens with two attached hydrogens (primary N) is 1. The molecule has 1 amide bonds. The molecule has 1 aromatic carbocycles. The fraction of sp³-hybridized carbons (Fsp3) is 0.385. The number of amidine groups is 1. The van der Waals surface area contributed by atoms with Crippen LogP contribution in [0.2, 0.25) is 0 Å². The Hall–Kier alpha value is -2.04. The lowest BCUT2D eigenvalue weighted by Crippen LogP contribution is -2.55. The van der Waals surface area contributed by atoms with Gasteiger partial charge in [0.2, 0.25) is 5.91 Å². The standard InChI is InChI=1S/C13H19N3O2/c1-3-13(2,12(14)16-18)15-11(17)9-10-7-5-4-6-8-10/h4-8,18H,3,9H2,1-2H3,(H2,14,16)(H,15,17). The minimum atomic E-state index is -0.819. The average molecular weight is 249 g/mol. The first-order chi connectivity index (χ1) is 8.51. The molecule has 0 aliphatic heterocycles. The van der Waals surface area contributed by atoms with Crippen LogP contribution in [-0.4, -0.2) is 22.5 Å². The molecule has 0 aliphatic carbocycles. The van der Waals surface area contributed by atoms with Crippen molar-refractivity contribution in [3.63, 3.8) is 0 Å². The summed E-state index contributed by atoms with van der Waals surface area (Å²) in [5.41, 5.74) is 5.69. The van der Waals surface area contributed by atoms with Gasteiger partial charge in [-0.25, -0.2) is 0 Å². The van der Waals surface area contributed by atoms with E-state index in [4.69, 9.17) is 10.9 Å². The largest absolute Gasteiger partial charge is 0.409 e. The SMILES string of the molecule is CCC(C)(NC(=O)Cc1ccccc1)/C(N)=N/O. The monoisotopic (exact) mass is 249 g/mol. The van der Waals surface area contributed by atoms with Crippen LogP contribution in [0, 0.1) is 0 Å². The van der Waals surface area contributed by atoms with Gasteiger partial charge in [-0.1, -0.05) is 42.4 Å². The highest BCUT2D eigenvalue weighted by atomic mass is 16.4. The zero-order chi connectivity index (χ0) is 13.6. The molecular weight excluding hydrogens is 230 g/mol. The van der Waals surface area contributed by atoms with Gasteiger partial charge in [0.15, 0.2) is 5.84 Å². The van der Waals surface area contributed by atoms with Crippen LogP contribution in [0.4, 0.5) is 0 Å². The molecule has 0 fully saturated rings. The molecule has 1 atom stereocenters. The summed E-state index contributed by atoms with van der Waals surface area (Å²) in [7, 11) is 0. The summed E-state index contributed by atoms with van der Waals surface area (Å²) < 4.78 is 0. The number of oxime groups is 1. The molecule has 5 nitrogen and oxygen atoms in total. The highest BCUT2D eigenvalue weighted by Crippen LogP contribution is 2.10. The van der Waals surface area contributed by atoms with E-state index in [-0.39, 0.29) is 18.2 Å². The Kier molecular flexibility index (Phi) is 4.71. The number of hydrogen-bond donors (Lipinski definition) is 3. The van der Waals surface area contributed by atoms with Gasteiger partial charge in [-0.05, 0) is 18.9 Å². The predicted octanol–water partition coefficient (Wildman–Crippen LogP) is 1.26. The molecule has 5 heteroatoms. The highest BCUT2D eigenvalue weighted by molar-refractivity contribution is 5.93. The Labute approximate surface area is 107 Å². The fourth-order valence-electron chi connectivity index (χ4n) is 1.58. The Morgan fingerprint density at radius 1 is 1.44 bits per heavy atom. The van der Waals surface area contributed by atoms with E-state index in [0.717, 1.165) is 5.56 Å². The number of carbonyl (C=O) groups is 1. The molecule has 1 aromatic rings. The van der Waals surface area contributed by atoms with Crippen molar-refractivity contribution in [3.05, 3.63) is 35.9 Å². The lowest BCUT2D eigenvalue weighted by molar-refractivity contribution is -0.121. The molecule has 0 aromatic heterocycles. The lowest BCUT2D eigenvalue weighted by atomic mass is 9.97. The molecule has 0 saturated carbocycles. The summed E-state index contributed by atoms with van der Waals surface area (Å²) in [6.45, 7) is 3.59. The topological polar surface area (TPSA) is 87.7 Å².